The van der Waals surface area contributed by atoms with Crippen molar-refractivity contribution in [1.29, 1.82) is 0 Å². The van der Waals surface area contributed by atoms with Gasteiger partial charge < -0.3 is 13.9 Å². The van der Waals surface area contributed by atoms with Crippen LogP contribution in [0.1, 0.15) is 16.7 Å². The van der Waals surface area contributed by atoms with Crippen molar-refractivity contribution in [1.82, 2.24) is 0 Å². The maximum absolute atomic E-state index is 12.9. The summed E-state index contributed by atoms with van der Waals surface area (Å²) in [6, 6.07) is 19.0. The lowest BCUT2D eigenvalue weighted by molar-refractivity contribution is 0.305. The van der Waals surface area contributed by atoms with Crippen LogP contribution >= 0.6 is 0 Å². The van der Waals surface area contributed by atoms with E-state index < -0.39 is 0 Å². The van der Waals surface area contributed by atoms with Crippen LogP contribution in [-0.4, -0.2) is 7.11 Å². The molecule has 4 aromatic rings. The predicted molar refractivity (Wildman–Crippen MR) is 115 cm³/mol. The van der Waals surface area contributed by atoms with E-state index in [-0.39, 0.29) is 5.43 Å². The van der Waals surface area contributed by atoms with Crippen molar-refractivity contribution in [2.75, 3.05) is 7.11 Å². The molecule has 0 unspecified atom stereocenters. The molecule has 146 valence electrons. The van der Waals surface area contributed by atoms with Crippen molar-refractivity contribution < 1.29 is 13.9 Å². The van der Waals surface area contributed by atoms with Crippen molar-refractivity contribution in [3.63, 3.8) is 0 Å². The first-order valence-electron chi connectivity index (χ1n) is 9.44. The first-order valence-corrected chi connectivity index (χ1v) is 9.44. The highest BCUT2D eigenvalue weighted by molar-refractivity contribution is 5.82. The van der Waals surface area contributed by atoms with Gasteiger partial charge in [0.05, 0.1) is 18.1 Å². The summed E-state index contributed by atoms with van der Waals surface area (Å²) in [7, 11) is 1.61. The fourth-order valence-electron chi connectivity index (χ4n) is 3.29. The zero-order valence-electron chi connectivity index (χ0n) is 16.7. The van der Waals surface area contributed by atoms with Gasteiger partial charge in [0.25, 0.3) is 0 Å². The van der Waals surface area contributed by atoms with Gasteiger partial charge in [-0.25, -0.2) is 0 Å². The SMILES string of the molecule is COc1ccc(-c2coc3cc(OCc4cc(C)ccc4C)ccc3c2=O)cc1. The number of hydrogen-bond donors (Lipinski definition) is 0. The average Bonchev–Trinajstić information content (AvgIpc) is 2.75. The highest BCUT2D eigenvalue weighted by atomic mass is 16.5. The van der Waals surface area contributed by atoms with Crippen LogP contribution in [0, 0.1) is 13.8 Å². The molecule has 0 amide bonds. The van der Waals surface area contributed by atoms with E-state index >= 15 is 0 Å². The van der Waals surface area contributed by atoms with Gasteiger partial charge in [-0.3, -0.25) is 4.79 Å². The van der Waals surface area contributed by atoms with E-state index in [0.29, 0.717) is 28.9 Å². The zero-order chi connectivity index (χ0) is 20.4. The number of fused-ring (bicyclic) bond motifs is 1. The number of rotatable bonds is 5. The topological polar surface area (TPSA) is 48.7 Å². The molecule has 0 aliphatic carbocycles. The molecule has 4 nitrogen and oxygen atoms in total. The fourth-order valence-corrected chi connectivity index (χ4v) is 3.29. The summed E-state index contributed by atoms with van der Waals surface area (Å²) in [5.74, 6) is 1.41. The van der Waals surface area contributed by atoms with Crippen LogP contribution in [0.4, 0.5) is 0 Å². The van der Waals surface area contributed by atoms with Crippen LogP contribution in [-0.2, 0) is 6.61 Å². The first kappa shape index (κ1) is 18.8. The van der Waals surface area contributed by atoms with E-state index in [0.717, 1.165) is 16.9 Å². The van der Waals surface area contributed by atoms with Gasteiger partial charge in [-0.1, -0.05) is 35.9 Å². The molecule has 0 atom stereocenters. The van der Waals surface area contributed by atoms with Crippen molar-refractivity contribution in [2.45, 2.75) is 20.5 Å². The summed E-state index contributed by atoms with van der Waals surface area (Å²) in [4.78, 5) is 12.9. The second-order valence-corrected chi connectivity index (χ2v) is 7.08. The molecule has 0 bridgehead atoms. The van der Waals surface area contributed by atoms with E-state index in [2.05, 4.69) is 32.0 Å². The molecule has 0 saturated carbocycles. The lowest BCUT2D eigenvalue weighted by atomic mass is 10.1. The smallest absolute Gasteiger partial charge is 0.200 e. The van der Waals surface area contributed by atoms with Crippen molar-refractivity contribution >= 4 is 11.0 Å². The number of hydrogen-bond acceptors (Lipinski definition) is 4. The Balaban J connectivity index is 1.61. The van der Waals surface area contributed by atoms with Gasteiger partial charge in [-0.15, -0.1) is 0 Å². The third-order valence-corrected chi connectivity index (χ3v) is 5.05. The number of aryl methyl sites for hydroxylation is 2. The quantitative estimate of drug-likeness (QED) is 0.444. The van der Waals surface area contributed by atoms with Crippen LogP contribution in [0.5, 0.6) is 11.5 Å². The van der Waals surface area contributed by atoms with Crippen LogP contribution < -0.4 is 14.9 Å². The molecular weight excluding hydrogens is 364 g/mol. The van der Waals surface area contributed by atoms with E-state index in [1.165, 1.54) is 17.4 Å². The molecule has 29 heavy (non-hydrogen) atoms. The Labute approximate surface area is 169 Å². The Bertz CT molecular complexity index is 1220. The Hall–Kier alpha value is -3.53. The lowest BCUT2D eigenvalue weighted by Gasteiger charge is -2.10. The molecule has 0 radical (unpaired) electrons. The highest BCUT2D eigenvalue weighted by Gasteiger charge is 2.11. The number of methoxy groups -OCH3 is 1. The Morgan fingerprint density at radius 3 is 2.41 bits per heavy atom. The summed E-state index contributed by atoms with van der Waals surface area (Å²) in [6.45, 7) is 4.60. The zero-order valence-corrected chi connectivity index (χ0v) is 16.7. The van der Waals surface area contributed by atoms with E-state index in [9.17, 15) is 4.79 Å². The van der Waals surface area contributed by atoms with Gasteiger partial charge in [0.2, 0.25) is 0 Å². The Kier molecular flexibility index (Phi) is 5.09. The minimum atomic E-state index is -0.0718. The molecule has 1 aromatic heterocycles. The predicted octanol–water partition coefficient (Wildman–Crippen LogP) is 5.66. The lowest BCUT2D eigenvalue weighted by Crippen LogP contribution is -2.05. The maximum atomic E-state index is 12.9. The third-order valence-electron chi connectivity index (χ3n) is 5.05. The van der Waals surface area contributed by atoms with E-state index in [4.69, 9.17) is 13.9 Å². The molecule has 3 aromatic carbocycles. The van der Waals surface area contributed by atoms with Gasteiger partial charge in [-0.2, -0.15) is 0 Å². The van der Waals surface area contributed by atoms with Crippen LogP contribution in [0.25, 0.3) is 22.1 Å². The fraction of sp³-hybridized carbons (Fsp3) is 0.160. The molecule has 0 N–H and O–H groups in total. The summed E-state index contributed by atoms with van der Waals surface area (Å²) in [5.41, 5.74) is 5.27. The molecule has 1 heterocycles. The van der Waals surface area contributed by atoms with Gasteiger partial charge in [0, 0.05) is 6.07 Å². The molecule has 4 rings (SSSR count). The van der Waals surface area contributed by atoms with E-state index in [1.807, 2.05) is 30.3 Å². The van der Waals surface area contributed by atoms with Crippen molar-refractivity contribution in [3.8, 4) is 22.6 Å². The second kappa shape index (κ2) is 7.84. The van der Waals surface area contributed by atoms with Crippen molar-refractivity contribution in [2.24, 2.45) is 0 Å². The monoisotopic (exact) mass is 386 g/mol. The standard InChI is InChI=1S/C25H22O4/c1-16-4-5-17(2)19(12-16)14-28-21-10-11-22-24(13-21)29-15-23(25(22)26)18-6-8-20(27-3)9-7-18/h4-13,15H,14H2,1-3H3. The minimum absolute atomic E-state index is 0.0718. The Morgan fingerprint density at radius 2 is 1.66 bits per heavy atom. The third kappa shape index (κ3) is 3.87. The number of benzene rings is 3. The first-order chi connectivity index (χ1) is 14.0. The summed E-state index contributed by atoms with van der Waals surface area (Å²) < 4.78 is 16.9. The van der Waals surface area contributed by atoms with E-state index in [1.54, 1.807) is 19.2 Å². The summed E-state index contributed by atoms with van der Waals surface area (Å²) in [6.07, 6.45) is 1.50. The van der Waals surface area contributed by atoms with Crippen LogP contribution in [0.15, 0.2) is 76.1 Å². The maximum Gasteiger partial charge on any atom is 0.200 e. The van der Waals surface area contributed by atoms with Gasteiger partial charge >= 0.3 is 0 Å². The highest BCUT2D eigenvalue weighted by Crippen LogP contribution is 2.25. The molecule has 0 aliphatic heterocycles. The van der Waals surface area contributed by atoms with Gasteiger partial charge in [0.1, 0.15) is 30.0 Å². The molecule has 0 aliphatic rings. The molecule has 0 fully saturated rings. The van der Waals surface area contributed by atoms with Crippen LogP contribution in [0.3, 0.4) is 0 Å². The van der Waals surface area contributed by atoms with Gasteiger partial charge in [0.15, 0.2) is 5.43 Å². The summed E-state index contributed by atoms with van der Waals surface area (Å²) >= 11 is 0. The molecular formula is C25H22O4. The largest absolute Gasteiger partial charge is 0.497 e. The second-order valence-electron chi connectivity index (χ2n) is 7.08. The Morgan fingerprint density at radius 1 is 0.897 bits per heavy atom. The minimum Gasteiger partial charge on any atom is -0.497 e. The normalized spacial score (nSPS) is 10.9. The molecule has 4 heteroatoms. The van der Waals surface area contributed by atoms with Crippen molar-refractivity contribution in [3.05, 3.63) is 93.8 Å². The summed E-state index contributed by atoms with van der Waals surface area (Å²) in [5, 5.41) is 0.525. The molecule has 0 saturated heterocycles. The van der Waals surface area contributed by atoms with Crippen LogP contribution in [0.2, 0.25) is 0 Å². The average molecular weight is 386 g/mol. The molecule has 0 spiro atoms. The van der Waals surface area contributed by atoms with Gasteiger partial charge in [-0.05, 0) is 54.8 Å². The number of ether oxygens (including phenoxy) is 2.